The number of amides is 1. The minimum absolute atomic E-state index is 0.0743. The normalized spacial score (nSPS) is 21.9. The maximum atomic E-state index is 13.6. The molecule has 1 saturated carbocycles. The van der Waals surface area contributed by atoms with E-state index in [2.05, 4.69) is 31.8 Å². The maximum Gasteiger partial charge on any atom is 0.254 e. The second-order valence-electron chi connectivity index (χ2n) is 5.57. The fourth-order valence-corrected chi connectivity index (χ4v) is 2.72. The summed E-state index contributed by atoms with van der Waals surface area (Å²) in [5.41, 5.74) is 0.162. The van der Waals surface area contributed by atoms with E-state index < -0.39 is 5.82 Å². The van der Waals surface area contributed by atoms with Gasteiger partial charge in [-0.1, -0.05) is 20.3 Å². The summed E-state index contributed by atoms with van der Waals surface area (Å²) >= 11 is 4.13. The molecule has 2 nitrogen and oxygen atoms in total. The number of hydrogen-bond acceptors (Lipinski definition) is 2. The quantitative estimate of drug-likeness (QED) is 0.790. The Hall–Kier alpha value is -1.03. The standard InChI is InChI=1S/C14H18FNOS/c1-14(2)7-3-4-12(14)16-13(17)10-8-9(18)5-6-11(10)15/h5-6,8,12,18H,3-4,7H2,1-2H3,(H,16,17). The van der Waals surface area contributed by atoms with E-state index in [4.69, 9.17) is 0 Å². The molecule has 0 saturated heterocycles. The molecule has 1 aliphatic rings. The Bertz CT molecular complexity index is 473. The number of halogens is 1. The lowest BCUT2D eigenvalue weighted by atomic mass is 9.87. The molecule has 1 aromatic carbocycles. The van der Waals surface area contributed by atoms with Gasteiger partial charge in [-0.3, -0.25) is 4.79 Å². The molecule has 98 valence electrons. The molecule has 0 aliphatic heterocycles. The second kappa shape index (κ2) is 4.92. The van der Waals surface area contributed by atoms with Crippen LogP contribution in [-0.4, -0.2) is 11.9 Å². The Labute approximate surface area is 112 Å². The van der Waals surface area contributed by atoms with Gasteiger partial charge in [-0.15, -0.1) is 12.6 Å². The molecule has 0 aromatic heterocycles. The van der Waals surface area contributed by atoms with E-state index in [9.17, 15) is 9.18 Å². The van der Waals surface area contributed by atoms with Gasteiger partial charge in [0.05, 0.1) is 5.56 Å². The Morgan fingerprint density at radius 2 is 2.22 bits per heavy atom. The van der Waals surface area contributed by atoms with Crippen LogP contribution in [-0.2, 0) is 0 Å². The summed E-state index contributed by atoms with van der Waals surface area (Å²) in [6.07, 6.45) is 3.15. The third-order valence-corrected chi connectivity index (χ3v) is 4.04. The van der Waals surface area contributed by atoms with Crippen LogP contribution in [0.2, 0.25) is 0 Å². The van der Waals surface area contributed by atoms with Crippen LogP contribution >= 0.6 is 12.6 Å². The summed E-state index contributed by atoms with van der Waals surface area (Å²) in [6, 6.07) is 4.40. The van der Waals surface area contributed by atoms with Crippen LogP contribution in [0, 0.1) is 11.2 Å². The molecule has 2 rings (SSSR count). The summed E-state index contributed by atoms with van der Waals surface area (Å²) in [5, 5.41) is 2.94. The van der Waals surface area contributed by atoms with Crippen molar-refractivity contribution in [2.45, 2.75) is 44.0 Å². The summed E-state index contributed by atoms with van der Waals surface area (Å²) < 4.78 is 13.6. The largest absolute Gasteiger partial charge is 0.349 e. The van der Waals surface area contributed by atoms with Gasteiger partial charge in [-0.05, 0) is 36.5 Å². The van der Waals surface area contributed by atoms with E-state index in [0.717, 1.165) is 19.3 Å². The van der Waals surface area contributed by atoms with Gasteiger partial charge in [0, 0.05) is 10.9 Å². The molecule has 1 amide bonds. The van der Waals surface area contributed by atoms with Gasteiger partial charge in [0.15, 0.2) is 0 Å². The zero-order valence-electron chi connectivity index (χ0n) is 10.7. The highest BCUT2D eigenvalue weighted by Crippen LogP contribution is 2.37. The van der Waals surface area contributed by atoms with Gasteiger partial charge in [0.25, 0.3) is 5.91 Å². The fraction of sp³-hybridized carbons (Fsp3) is 0.500. The Morgan fingerprint density at radius 3 is 2.83 bits per heavy atom. The van der Waals surface area contributed by atoms with E-state index in [1.807, 2.05) is 0 Å². The van der Waals surface area contributed by atoms with Crippen molar-refractivity contribution in [1.82, 2.24) is 5.32 Å². The van der Waals surface area contributed by atoms with Crippen LogP contribution in [0.4, 0.5) is 4.39 Å². The number of thiol groups is 1. The fourth-order valence-electron chi connectivity index (χ4n) is 2.52. The highest BCUT2D eigenvalue weighted by Gasteiger charge is 2.35. The van der Waals surface area contributed by atoms with Gasteiger partial charge >= 0.3 is 0 Å². The lowest BCUT2D eigenvalue weighted by Crippen LogP contribution is -2.41. The van der Waals surface area contributed by atoms with Crippen LogP contribution in [0.5, 0.6) is 0 Å². The molecule has 0 spiro atoms. The zero-order chi connectivity index (χ0) is 13.3. The third-order valence-electron chi connectivity index (χ3n) is 3.76. The predicted octanol–water partition coefficient (Wildman–Crippen LogP) is 3.42. The van der Waals surface area contributed by atoms with Crippen molar-refractivity contribution < 1.29 is 9.18 Å². The number of rotatable bonds is 2. The molecule has 1 fully saturated rings. The molecular weight excluding hydrogens is 249 g/mol. The minimum atomic E-state index is -0.499. The number of carbonyl (C=O) groups excluding carboxylic acids is 1. The Balaban J connectivity index is 2.15. The Kier molecular flexibility index (Phi) is 3.66. The molecule has 0 bridgehead atoms. The van der Waals surface area contributed by atoms with Crippen LogP contribution in [0.25, 0.3) is 0 Å². The average molecular weight is 267 g/mol. The first kappa shape index (κ1) is 13.4. The summed E-state index contributed by atoms with van der Waals surface area (Å²) in [7, 11) is 0. The smallest absolute Gasteiger partial charge is 0.254 e. The minimum Gasteiger partial charge on any atom is -0.349 e. The molecule has 18 heavy (non-hydrogen) atoms. The van der Waals surface area contributed by atoms with Gasteiger partial charge in [-0.25, -0.2) is 4.39 Å². The van der Waals surface area contributed by atoms with Crippen LogP contribution in [0.15, 0.2) is 23.1 Å². The van der Waals surface area contributed by atoms with Crippen molar-refractivity contribution in [3.63, 3.8) is 0 Å². The van der Waals surface area contributed by atoms with Gasteiger partial charge in [0.2, 0.25) is 0 Å². The molecule has 1 atom stereocenters. The molecule has 1 aromatic rings. The molecule has 1 unspecified atom stereocenters. The first-order valence-corrected chi connectivity index (χ1v) is 6.64. The van der Waals surface area contributed by atoms with E-state index in [-0.39, 0.29) is 22.9 Å². The molecular formula is C14H18FNOS. The lowest BCUT2D eigenvalue weighted by Gasteiger charge is -2.27. The first-order chi connectivity index (χ1) is 8.40. The summed E-state index contributed by atoms with van der Waals surface area (Å²) in [4.78, 5) is 12.7. The third kappa shape index (κ3) is 2.69. The number of carbonyl (C=O) groups is 1. The maximum absolute atomic E-state index is 13.6. The van der Waals surface area contributed by atoms with Crippen LogP contribution < -0.4 is 5.32 Å². The Morgan fingerprint density at radius 1 is 1.50 bits per heavy atom. The predicted molar refractivity (Wildman–Crippen MR) is 72.5 cm³/mol. The highest BCUT2D eigenvalue weighted by molar-refractivity contribution is 7.80. The summed E-state index contributed by atoms with van der Waals surface area (Å²) in [6.45, 7) is 4.27. The van der Waals surface area contributed by atoms with E-state index in [0.29, 0.717) is 4.90 Å². The van der Waals surface area contributed by atoms with E-state index in [1.54, 1.807) is 0 Å². The van der Waals surface area contributed by atoms with E-state index >= 15 is 0 Å². The zero-order valence-corrected chi connectivity index (χ0v) is 11.6. The first-order valence-electron chi connectivity index (χ1n) is 6.19. The highest BCUT2D eigenvalue weighted by atomic mass is 32.1. The number of hydrogen-bond donors (Lipinski definition) is 2. The molecule has 1 N–H and O–H groups in total. The molecule has 1 aliphatic carbocycles. The molecule has 4 heteroatoms. The van der Waals surface area contributed by atoms with Gasteiger partial charge in [0.1, 0.15) is 5.82 Å². The lowest BCUT2D eigenvalue weighted by molar-refractivity contribution is 0.0905. The number of nitrogens with one attached hydrogen (secondary N) is 1. The topological polar surface area (TPSA) is 29.1 Å². The molecule has 0 radical (unpaired) electrons. The van der Waals surface area contributed by atoms with Crippen molar-refractivity contribution in [1.29, 1.82) is 0 Å². The summed E-state index contributed by atoms with van der Waals surface area (Å²) in [5.74, 6) is -0.843. The van der Waals surface area contributed by atoms with Crippen LogP contribution in [0.3, 0.4) is 0 Å². The van der Waals surface area contributed by atoms with Crippen LogP contribution in [0.1, 0.15) is 43.5 Å². The van der Waals surface area contributed by atoms with Gasteiger partial charge < -0.3 is 5.32 Å². The SMILES string of the molecule is CC1(C)CCCC1NC(=O)c1cc(S)ccc1F. The number of benzene rings is 1. The average Bonchev–Trinajstić information content (AvgIpc) is 2.62. The van der Waals surface area contributed by atoms with Crippen molar-refractivity contribution in [3.8, 4) is 0 Å². The monoisotopic (exact) mass is 267 g/mol. The van der Waals surface area contributed by atoms with Crippen molar-refractivity contribution in [3.05, 3.63) is 29.6 Å². The second-order valence-corrected chi connectivity index (χ2v) is 6.09. The van der Waals surface area contributed by atoms with Crippen molar-refractivity contribution in [2.75, 3.05) is 0 Å². The van der Waals surface area contributed by atoms with Crippen molar-refractivity contribution >= 4 is 18.5 Å². The van der Waals surface area contributed by atoms with E-state index in [1.165, 1.54) is 18.2 Å². The molecule has 0 heterocycles. The van der Waals surface area contributed by atoms with Gasteiger partial charge in [-0.2, -0.15) is 0 Å². The van der Waals surface area contributed by atoms with Crippen molar-refractivity contribution in [2.24, 2.45) is 5.41 Å².